The van der Waals surface area contributed by atoms with E-state index in [0.29, 0.717) is 18.7 Å². The van der Waals surface area contributed by atoms with Crippen LogP contribution in [0, 0.1) is 5.82 Å². The molecule has 1 aliphatic carbocycles. The standard InChI is InChI=1S/C14H15F4NOS/c1-21-13(5-2-6-13)8-19-12(20)9-3-4-11(15)10(7-9)14(16,17)18/h3-4,7H,2,5-6,8H2,1H3,(H,19,20). The molecule has 0 aliphatic heterocycles. The third kappa shape index (κ3) is 3.51. The fourth-order valence-corrected chi connectivity index (χ4v) is 3.16. The van der Waals surface area contributed by atoms with E-state index in [0.717, 1.165) is 25.3 Å². The highest BCUT2D eigenvalue weighted by Gasteiger charge is 2.37. The maximum Gasteiger partial charge on any atom is 0.419 e. The Morgan fingerprint density at radius 1 is 1.38 bits per heavy atom. The lowest BCUT2D eigenvalue weighted by Crippen LogP contribution is -2.45. The van der Waals surface area contributed by atoms with Gasteiger partial charge in [-0.15, -0.1) is 0 Å². The fraction of sp³-hybridized carbons (Fsp3) is 0.500. The molecule has 0 unspecified atom stereocenters. The molecule has 1 fully saturated rings. The van der Waals surface area contributed by atoms with Crippen molar-refractivity contribution >= 4 is 17.7 Å². The van der Waals surface area contributed by atoms with Crippen molar-refractivity contribution < 1.29 is 22.4 Å². The highest BCUT2D eigenvalue weighted by molar-refractivity contribution is 8.00. The predicted octanol–water partition coefficient (Wildman–Crippen LogP) is 3.86. The average Bonchev–Trinajstić information content (AvgIpc) is 2.37. The highest BCUT2D eigenvalue weighted by Crippen LogP contribution is 2.42. The zero-order chi connectivity index (χ0) is 15.7. The summed E-state index contributed by atoms with van der Waals surface area (Å²) in [6.07, 6.45) is 0.183. The number of hydrogen-bond acceptors (Lipinski definition) is 2. The first kappa shape index (κ1) is 16.1. The smallest absolute Gasteiger partial charge is 0.351 e. The Kier molecular flexibility index (Phi) is 4.51. The Hall–Kier alpha value is -1.24. The van der Waals surface area contributed by atoms with Crippen LogP contribution in [0.4, 0.5) is 17.6 Å². The molecule has 1 N–H and O–H groups in total. The molecular weight excluding hydrogens is 306 g/mol. The quantitative estimate of drug-likeness (QED) is 0.853. The van der Waals surface area contributed by atoms with Gasteiger partial charge < -0.3 is 5.32 Å². The number of alkyl halides is 3. The molecule has 0 heterocycles. The molecule has 7 heteroatoms. The predicted molar refractivity (Wildman–Crippen MR) is 73.8 cm³/mol. The van der Waals surface area contributed by atoms with Crippen LogP contribution in [0.25, 0.3) is 0 Å². The van der Waals surface area contributed by atoms with E-state index in [-0.39, 0.29) is 10.3 Å². The number of carbonyl (C=O) groups excluding carboxylic acids is 1. The monoisotopic (exact) mass is 321 g/mol. The molecule has 0 bridgehead atoms. The number of halogens is 4. The first-order valence-electron chi connectivity index (χ1n) is 6.47. The summed E-state index contributed by atoms with van der Waals surface area (Å²) >= 11 is 1.65. The van der Waals surface area contributed by atoms with E-state index in [1.54, 1.807) is 11.8 Å². The first-order valence-corrected chi connectivity index (χ1v) is 7.70. The van der Waals surface area contributed by atoms with Gasteiger partial charge in [0, 0.05) is 16.9 Å². The van der Waals surface area contributed by atoms with E-state index >= 15 is 0 Å². The lowest BCUT2D eigenvalue weighted by molar-refractivity contribution is -0.140. The van der Waals surface area contributed by atoms with Gasteiger partial charge in [-0.3, -0.25) is 4.79 Å². The Morgan fingerprint density at radius 2 is 2.05 bits per heavy atom. The molecular formula is C14H15F4NOS. The molecule has 0 saturated heterocycles. The van der Waals surface area contributed by atoms with Crippen molar-refractivity contribution in [1.29, 1.82) is 0 Å². The minimum atomic E-state index is -4.81. The second-order valence-electron chi connectivity index (χ2n) is 5.12. The SMILES string of the molecule is CSC1(CNC(=O)c2ccc(F)c(C(F)(F)F)c2)CCC1. The van der Waals surface area contributed by atoms with E-state index in [4.69, 9.17) is 0 Å². The van der Waals surface area contributed by atoms with Crippen LogP contribution in [0.5, 0.6) is 0 Å². The van der Waals surface area contributed by atoms with E-state index in [2.05, 4.69) is 5.32 Å². The third-order valence-corrected chi connectivity index (χ3v) is 5.22. The number of carbonyl (C=O) groups is 1. The van der Waals surface area contributed by atoms with E-state index in [1.807, 2.05) is 6.26 Å². The fourth-order valence-electron chi connectivity index (χ4n) is 2.25. The summed E-state index contributed by atoms with van der Waals surface area (Å²) in [5.41, 5.74) is -1.60. The summed E-state index contributed by atoms with van der Waals surface area (Å²) in [5.74, 6) is -1.99. The van der Waals surface area contributed by atoms with Gasteiger partial charge in [0.1, 0.15) is 5.82 Å². The summed E-state index contributed by atoms with van der Waals surface area (Å²) in [6, 6.07) is 2.29. The van der Waals surface area contributed by atoms with Crippen LogP contribution in [-0.2, 0) is 6.18 Å². The van der Waals surface area contributed by atoms with Crippen LogP contribution in [0.3, 0.4) is 0 Å². The van der Waals surface area contributed by atoms with E-state index < -0.39 is 23.5 Å². The van der Waals surface area contributed by atoms with Crippen LogP contribution in [0.15, 0.2) is 18.2 Å². The van der Waals surface area contributed by atoms with Gasteiger partial charge in [0.05, 0.1) is 5.56 Å². The zero-order valence-corrected chi connectivity index (χ0v) is 12.2. The van der Waals surface area contributed by atoms with Gasteiger partial charge in [0.2, 0.25) is 0 Å². The molecule has 0 radical (unpaired) electrons. The lowest BCUT2D eigenvalue weighted by Gasteiger charge is -2.40. The Balaban J connectivity index is 2.09. The van der Waals surface area contributed by atoms with Gasteiger partial charge in [-0.25, -0.2) is 4.39 Å². The molecule has 2 rings (SSSR count). The van der Waals surface area contributed by atoms with Gasteiger partial charge in [0.15, 0.2) is 0 Å². The maximum atomic E-state index is 13.2. The molecule has 21 heavy (non-hydrogen) atoms. The Morgan fingerprint density at radius 3 is 2.52 bits per heavy atom. The van der Waals surface area contributed by atoms with Crippen LogP contribution in [-0.4, -0.2) is 23.5 Å². The minimum absolute atomic E-state index is 0.0114. The summed E-state index contributed by atoms with van der Waals surface area (Å²) < 4.78 is 51.0. The maximum absolute atomic E-state index is 13.2. The molecule has 0 aromatic heterocycles. The molecule has 1 aromatic rings. The number of hydrogen-bond donors (Lipinski definition) is 1. The highest BCUT2D eigenvalue weighted by atomic mass is 32.2. The van der Waals surface area contributed by atoms with Crippen molar-refractivity contribution in [2.75, 3.05) is 12.8 Å². The van der Waals surface area contributed by atoms with Crippen LogP contribution in [0.1, 0.15) is 35.2 Å². The first-order chi connectivity index (χ1) is 9.77. The number of benzene rings is 1. The van der Waals surface area contributed by atoms with Gasteiger partial charge in [-0.2, -0.15) is 24.9 Å². The van der Waals surface area contributed by atoms with Crippen molar-refractivity contribution in [2.24, 2.45) is 0 Å². The van der Waals surface area contributed by atoms with Crippen LogP contribution < -0.4 is 5.32 Å². The summed E-state index contributed by atoms with van der Waals surface area (Å²) in [4.78, 5) is 11.9. The average molecular weight is 321 g/mol. The molecule has 1 amide bonds. The topological polar surface area (TPSA) is 29.1 Å². The summed E-state index contributed by atoms with van der Waals surface area (Å²) in [5, 5.41) is 2.64. The van der Waals surface area contributed by atoms with E-state index in [9.17, 15) is 22.4 Å². The molecule has 1 aliphatic rings. The zero-order valence-electron chi connectivity index (χ0n) is 11.4. The van der Waals surface area contributed by atoms with E-state index in [1.165, 1.54) is 0 Å². The molecule has 1 saturated carbocycles. The number of rotatable bonds is 4. The van der Waals surface area contributed by atoms with Crippen molar-refractivity contribution in [3.8, 4) is 0 Å². The van der Waals surface area contributed by atoms with Crippen molar-refractivity contribution in [3.05, 3.63) is 35.1 Å². The van der Waals surface area contributed by atoms with Crippen molar-refractivity contribution in [2.45, 2.75) is 30.2 Å². The number of amides is 1. The minimum Gasteiger partial charge on any atom is -0.351 e. The Bertz CT molecular complexity index is 535. The lowest BCUT2D eigenvalue weighted by atomic mass is 9.84. The van der Waals surface area contributed by atoms with Gasteiger partial charge in [-0.1, -0.05) is 6.42 Å². The van der Waals surface area contributed by atoms with Crippen molar-refractivity contribution in [1.82, 2.24) is 5.32 Å². The Labute approximate surface area is 124 Å². The van der Waals surface area contributed by atoms with Crippen LogP contribution >= 0.6 is 11.8 Å². The second kappa shape index (κ2) is 5.87. The molecule has 0 spiro atoms. The molecule has 2 nitrogen and oxygen atoms in total. The van der Waals surface area contributed by atoms with Crippen molar-refractivity contribution in [3.63, 3.8) is 0 Å². The van der Waals surface area contributed by atoms with Gasteiger partial charge in [0.25, 0.3) is 5.91 Å². The second-order valence-corrected chi connectivity index (χ2v) is 6.39. The number of nitrogens with one attached hydrogen (secondary N) is 1. The number of thioether (sulfide) groups is 1. The van der Waals surface area contributed by atoms with Gasteiger partial charge in [-0.05, 0) is 37.3 Å². The van der Waals surface area contributed by atoms with Crippen LogP contribution in [0.2, 0.25) is 0 Å². The van der Waals surface area contributed by atoms with Gasteiger partial charge >= 0.3 is 6.18 Å². The largest absolute Gasteiger partial charge is 0.419 e. The third-order valence-electron chi connectivity index (χ3n) is 3.80. The summed E-state index contributed by atoms with van der Waals surface area (Å²) in [6.45, 7) is 0.408. The molecule has 0 atom stereocenters. The summed E-state index contributed by atoms with van der Waals surface area (Å²) in [7, 11) is 0. The molecule has 1 aromatic carbocycles. The molecule has 116 valence electrons. The normalized spacial score (nSPS) is 17.2.